The lowest BCUT2D eigenvalue weighted by atomic mass is 10.0. The first-order valence-electron chi connectivity index (χ1n) is 39.6. The molecule has 0 aromatic carbocycles. The number of aliphatic carboxylic acids is 1. The molecule has 2 atom stereocenters. The van der Waals surface area contributed by atoms with Gasteiger partial charge in [-0.05, 0) is 141 Å². The third-order valence-electron chi connectivity index (χ3n) is 16.3. The van der Waals surface area contributed by atoms with E-state index >= 15 is 0 Å². The molecule has 0 aromatic rings. The number of carbonyl (C=O) groups excluding carboxylic acids is 3. The van der Waals surface area contributed by atoms with Crippen molar-refractivity contribution in [1.82, 2.24) is 0 Å². The van der Waals surface area contributed by atoms with Crippen molar-refractivity contribution in [3.63, 3.8) is 0 Å². The topological polar surface area (TPSA) is 111 Å². The molecule has 9 heteroatoms. The van der Waals surface area contributed by atoms with Crippen LogP contribution in [0.1, 0.15) is 296 Å². The lowest BCUT2D eigenvalue weighted by Crippen LogP contribution is -2.44. The Balaban J connectivity index is 4.13. The number of nitrogens with zero attached hydrogens (tertiary/aromatic N) is 1. The van der Waals surface area contributed by atoms with Gasteiger partial charge in [-0.3, -0.25) is 9.59 Å². The number of carboxylic acids is 1. The second-order valence-electron chi connectivity index (χ2n) is 26.9. The number of hydrogen-bond acceptors (Lipinski definition) is 8. The first kappa shape index (κ1) is 93.1. The summed E-state index contributed by atoms with van der Waals surface area (Å²) in [7, 11) is 5.92. The number of likely N-dealkylation sites (N-methyl/N-ethyl adjacent to an activating group) is 1. The molecular formula is C90H145NO8. The molecule has 0 saturated carbocycles. The van der Waals surface area contributed by atoms with Gasteiger partial charge >= 0.3 is 11.9 Å². The molecule has 0 bridgehead atoms. The maximum Gasteiger partial charge on any atom is 0.306 e. The number of carbonyl (C=O) groups is 3. The molecular weight excluding hydrogens is 1220 g/mol. The minimum Gasteiger partial charge on any atom is -0.545 e. The second-order valence-corrected chi connectivity index (χ2v) is 26.9. The fraction of sp³-hybridized carbons (Fsp3) is 0.611. The van der Waals surface area contributed by atoms with Crippen LogP contribution in [0.5, 0.6) is 0 Å². The van der Waals surface area contributed by atoms with Crippen molar-refractivity contribution in [2.45, 2.75) is 309 Å². The summed E-state index contributed by atoms with van der Waals surface area (Å²) in [6.07, 6.45) is 117. The van der Waals surface area contributed by atoms with E-state index in [1.165, 1.54) is 116 Å². The van der Waals surface area contributed by atoms with Gasteiger partial charge in [0.15, 0.2) is 12.4 Å². The maximum absolute atomic E-state index is 13.0. The van der Waals surface area contributed by atoms with Crippen LogP contribution >= 0.6 is 0 Å². The van der Waals surface area contributed by atoms with Gasteiger partial charge < -0.3 is 33.3 Å². The van der Waals surface area contributed by atoms with Crippen molar-refractivity contribution in [3.05, 3.63) is 194 Å². The van der Waals surface area contributed by atoms with Crippen LogP contribution in [0.3, 0.4) is 0 Å². The van der Waals surface area contributed by atoms with Gasteiger partial charge in [0.25, 0.3) is 0 Å². The van der Waals surface area contributed by atoms with E-state index in [0.717, 1.165) is 148 Å². The van der Waals surface area contributed by atoms with E-state index in [-0.39, 0.29) is 38.6 Å². The number of unbranched alkanes of at least 4 members (excludes halogenated alkanes) is 24. The molecule has 0 radical (unpaired) electrons. The van der Waals surface area contributed by atoms with Crippen molar-refractivity contribution in [2.24, 2.45) is 0 Å². The number of hydrogen-bond donors (Lipinski definition) is 0. The third kappa shape index (κ3) is 79.3. The molecule has 0 aliphatic rings. The Morgan fingerprint density at radius 1 is 0.303 bits per heavy atom. The lowest BCUT2D eigenvalue weighted by molar-refractivity contribution is -0.870. The highest BCUT2D eigenvalue weighted by Crippen LogP contribution is 2.17. The molecule has 99 heavy (non-hydrogen) atoms. The zero-order valence-electron chi connectivity index (χ0n) is 63.8. The summed E-state index contributed by atoms with van der Waals surface area (Å²) in [5.41, 5.74) is 0. The largest absolute Gasteiger partial charge is 0.545 e. The Hall–Kier alpha value is -5.87. The highest BCUT2D eigenvalue weighted by atomic mass is 16.7. The van der Waals surface area contributed by atoms with Gasteiger partial charge in [0, 0.05) is 12.8 Å². The molecule has 2 unspecified atom stereocenters. The van der Waals surface area contributed by atoms with E-state index in [0.29, 0.717) is 17.4 Å². The van der Waals surface area contributed by atoms with E-state index in [1.54, 1.807) is 0 Å². The number of carboxylic acid groups (broad SMARTS) is 1. The molecule has 0 heterocycles. The number of quaternary nitrogens is 1. The molecule has 0 spiro atoms. The Kier molecular flexibility index (Phi) is 73.2. The highest BCUT2D eigenvalue weighted by molar-refractivity contribution is 5.70. The van der Waals surface area contributed by atoms with E-state index < -0.39 is 24.3 Å². The molecule has 0 amide bonds. The van der Waals surface area contributed by atoms with Gasteiger partial charge in [-0.2, -0.15) is 0 Å². The fourth-order valence-electron chi connectivity index (χ4n) is 10.4. The summed E-state index contributed by atoms with van der Waals surface area (Å²) in [6.45, 7) is 4.51. The van der Waals surface area contributed by atoms with Crippen LogP contribution in [-0.2, 0) is 33.3 Å². The monoisotopic (exact) mass is 1370 g/mol. The lowest BCUT2D eigenvalue weighted by Gasteiger charge is -2.26. The van der Waals surface area contributed by atoms with E-state index in [2.05, 4.69) is 208 Å². The van der Waals surface area contributed by atoms with Crippen LogP contribution < -0.4 is 5.11 Å². The standard InChI is InChI=1S/C90H145NO8/c1-6-8-10-12-14-16-18-20-22-24-26-28-30-32-34-36-38-40-42-43-44-45-47-49-51-53-55-57-59-61-63-65-67-69-71-73-75-77-79-81-88(93)99-86(85-98-90(89(94)95)96-83-82-91(3,4)5)84-97-87(92)80-78-76-74-72-70-68-66-64-62-60-58-56-54-52-50-48-46-41-39-37-35-33-31-29-27-25-23-21-19-17-15-13-11-9-7-2/h8-11,14-17,20-23,26-29,32-35,38-41,43-44,47,49,53,55,59,61,86,90H,6-7,12-13,18-19,24-25,30-31,36-37,42,45-46,48,50-52,54,56-58,60,62-85H2,1-5H3/b10-8-,11-9-,16-14-,17-15-,22-20-,23-21-,28-26-,29-27-,34-32-,35-33-,40-38-,41-39-,44-43-,49-47-,55-53-,61-59-. The van der Waals surface area contributed by atoms with Crippen LogP contribution in [0.4, 0.5) is 0 Å². The molecule has 0 aliphatic carbocycles. The molecule has 0 fully saturated rings. The normalized spacial score (nSPS) is 13.7. The Labute approximate surface area is 608 Å². The van der Waals surface area contributed by atoms with Crippen LogP contribution in [0.15, 0.2) is 194 Å². The van der Waals surface area contributed by atoms with Crippen LogP contribution in [0.2, 0.25) is 0 Å². The molecule has 0 N–H and O–H groups in total. The van der Waals surface area contributed by atoms with E-state index in [1.807, 2.05) is 21.1 Å². The van der Waals surface area contributed by atoms with Gasteiger partial charge in [-0.25, -0.2) is 0 Å². The quantitative estimate of drug-likeness (QED) is 0.0195. The van der Waals surface area contributed by atoms with E-state index in [4.69, 9.17) is 18.9 Å². The van der Waals surface area contributed by atoms with Crippen LogP contribution in [0, 0.1) is 0 Å². The van der Waals surface area contributed by atoms with Crippen molar-refractivity contribution in [2.75, 3.05) is 47.5 Å². The summed E-state index contributed by atoms with van der Waals surface area (Å²) in [4.78, 5) is 37.6. The number of rotatable bonds is 71. The average Bonchev–Trinajstić information content (AvgIpc) is 1.14. The molecule has 9 nitrogen and oxygen atoms in total. The van der Waals surface area contributed by atoms with Crippen LogP contribution in [0.25, 0.3) is 0 Å². The third-order valence-corrected chi connectivity index (χ3v) is 16.3. The number of esters is 2. The molecule has 558 valence electrons. The first-order chi connectivity index (χ1) is 48.6. The number of allylic oxidation sites excluding steroid dienone is 32. The predicted molar refractivity (Wildman–Crippen MR) is 425 cm³/mol. The predicted octanol–water partition coefficient (Wildman–Crippen LogP) is 24.4. The van der Waals surface area contributed by atoms with Crippen molar-refractivity contribution < 1.29 is 42.9 Å². The van der Waals surface area contributed by atoms with E-state index in [9.17, 15) is 19.5 Å². The zero-order valence-corrected chi connectivity index (χ0v) is 63.8. The minimum atomic E-state index is -1.64. The summed E-state index contributed by atoms with van der Waals surface area (Å²) < 4.78 is 22.8. The zero-order chi connectivity index (χ0) is 71.8. The maximum atomic E-state index is 13.0. The van der Waals surface area contributed by atoms with Crippen molar-refractivity contribution in [3.8, 4) is 0 Å². The summed E-state index contributed by atoms with van der Waals surface area (Å²) >= 11 is 0. The fourth-order valence-corrected chi connectivity index (χ4v) is 10.4. The second kappa shape index (κ2) is 77.9. The molecule has 0 aromatic heterocycles. The minimum absolute atomic E-state index is 0.137. The van der Waals surface area contributed by atoms with Gasteiger partial charge in [0.2, 0.25) is 0 Å². The Morgan fingerprint density at radius 3 is 0.808 bits per heavy atom. The summed E-state index contributed by atoms with van der Waals surface area (Å²) in [6, 6.07) is 0. The summed E-state index contributed by atoms with van der Waals surface area (Å²) in [5.74, 6) is -2.30. The molecule has 0 aliphatic heterocycles. The SMILES string of the molecule is CC/C=C\C/C=C\C/C=C\C/C=C\C/C=C\C/C=C\C/C=C\C/C=C\C/C=C\C/C=C\CCCCCCCCCCC(=O)OC(COC(=O)CCCCCCCCCCCCCCCCCC/C=C\C/C=C\C/C=C\C/C=C\C/C=C\C/C=C\CC)COC(OCC[N+](C)(C)C)C(=O)[O-]. The van der Waals surface area contributed by atoms with Gasteiger partial charge in [0.1, 0.15) is 13.2 Å². The summed E-state index contributed by atoms with van der Waals surface area (Å²) in [5, 5.41) is 11.9. The van der Waals surface area contributed by atoms with Gasteiger partial charge in [-0.15, -0.1) is 0 Å². The molecule has 0 saturated heterocycles. The van der Waals surface area contributed by atoms with Crippen molar-refractivity contribution >= 4 is 17.9 Å². The van der Waals surface area contributed by atoms with Crippen LogP contribution in [-0.4, -0.2) is 82.3 Å². The average molecular weight is 1370 g/mol. The Bertz CT molecular complexity index is 2340. The Morgan fingerprint density at radius 2 is 0.545 bits per heavy atom. The van der Waals surface area contributed by atoms with Crippen molar-refractivity contribution in [1.29, 1.82) is 0 Å². The molecule has 0 rings (SSSR count). The first-order valence-corrected chi connectivity index (χ1v) is 39.6. The van der Waals surface area contributed by atoms with Gasteiger partial charge in [-0.1, -0.05) is 337 Å². The van der Waals surface area contributed by atoms with Gasteiger partial charge in [0.05, 0.1) is 40.3 Å². The highest BCUT2D eigenvalue weighted by Gasteiger charge is 2.22. The smallest absolute Gasteiger partial charge is 0.306 e. The number of ether oxygens (including phenoxy) is 4.